The Balaban J connectivity index is 1.13. The number of aromatic nitrogens is 2. The highest BCUT2D eigenvalue weighted by Crippen LogP contribution is 2.42. The first-order chi connectivity index (χ1) is 21.4. The maximum atomic E-state index is 12.9. The number of methoxy groups -OCH3 is 1. The molecular weight excluding hydrogens is 578 g/mol. The number of nitrogens with zero attached hydrogens (tertiary/aromatic N) is 1. The van der Waals surface area contributed by atoms with Crippen molar-refractivity contribution in [3.63, 3.8) is 0 Å². The zero-order chi connectivity index (χ0) is 30.6. The summed E-state index contributed by atoms with van der Waals surface area (Å²) in [6, 6.07) is 22.8. The smallest absolute Gasteiger partial charge is 0.341 e. The fraction of sp³-hybridized carbons (Fsp3) is 0.235. The van der Waals surface area contributed by atoms with E-state index in [-0.39, 0.29) is 12.2 Å². The van der Waals surface area contributed by atoms with Gasteiger partial charge in [0.15, 0.2) is 6.61 Å². The van der Waals surface area contributed by atoms with Crippen LogP contribution in [0.3, 0.4) is 0 Å². The summed E-state index contributed by atoms with van der Waals surface area (Å²) in [5.74, 6) is 0.0831. The summed E-state index contributed by atoms with van der Waals surface area (Å²) in [6.07, 6.45) is 2.38. The highest BCUT2D eigenvalue weighted by molar-refractivity contribution is 7.17. The average molecular weight is 610 g/mol. The summed E-state index contributed by atoms with van der Waals surface area (Å²) in [7, 11) is 1.61. The molecule has 1 aliphatic carbocycles. The monoisotopic (exact) mass is 609 g/mol. The van der Waals surface area contributed by atoms with E-state index in [1.54, 1.807) is 32.2 Å². The van der Waals surface area contributed by atoms with E-state index in [9.17, 15) is 14.4 Å². The summed E-state index contributed by atoms with van der Waals surface area (Å²) < 4.78 is 15.9. The van der Waals surface area contributed by atoms with Crippen LogP contribution in [0.25, 0.3) is 22.4 Å². The van der Waals surface area contributed by atoms with Gasteiger partial charge in [0.2, 0.25) is 0 Å². The number of carbonyl (C=O) groups excluding carboxylic acids is 3. The molecule has 2 N–H and O–H groups in total. The Morgan fingerprint density at radius 1 is 1.00 bits per heavy atom. The van der Waals surface area contributed by atoms with Gasteiger partial charge >= 0.3 is 11.9 Å². The number of amides is 1. The molecule has 0 saturated carbocycles. The van der Waals surface area contributed by atoms with Crippen LogP contribution in [0.15, 0.2) is 72.8 Å². The maximum Gasteiger partial charge on any atom is 0.341 e. The number of imidazole rings is 1. The molecule has 1 amide bonds. The second-order valence-corrected chi connectivity index (χ2v) is 11.6. The van der Waals surface area contributed by atoms with Gasteiger partial charge in [-0.15, -0.1) is 11.3 Å². The number of hydrogen-bond donors (Lipinski definition) is 2. The van der Waals surface area contributed by atoms with Crippen molar-refractivity contribution in [2.45, 2.75) is 32.1 Å². The molecule has 1 unspecified atom stereocenters. The van der Waals surface area contributed by atoms with E-state index in [4.69, 9.17) is 14.2 Å². The van der Waals surface area contributed by atoms with E-state index in [2.05, 4.69) is 27.4 Å². The lowest BCUT2D eigenvalue weighted by Gasteiger charge is -2.23. The number of fused-ring (bicyclic) bond motifs is 2. The molecule has 1 aliphatic rings. The highest BCUT2D eigenvalue weighted by atomic mass is 32.1. The molecule has 224 valence electrons. The molecule has 5 aromatic rings. The first-order valence-corrected chi connectivity index (χ1v) is 15.2. The second-order valence-electron chi connectivity index (χ2n) is 10.4. The minimum absolute atomic E-state index is 0.226. The summed E-state index contributed by atoms with van der Waals surface area (Å²) in [5, 5.41) is 3.23. The largest absolute Gasteiger partial charge is 0.497 e. The number of thiophene rings is 1. The zero-order valence-corrected chi connectivity index (χ0v) is 25.2. The van der Waals surface area contributed by atoms with Gasteiger partial charge in [-0.2, -0.15) is 0 Å². The predicted molar refractivity (Wildman–Crippen MR) is 168 cm³/mol. The minimum Gasteiger partial charge on any atom is -0.497 e. The third-order valence-electron chi connectivity index (χ3n) is 7.68. The van der Waals surface area contributed by atoms with E-state index in [1.807, 2.05) is 42.5 Å². The molecule has 0 radical (unpaired) electrons. The van der Waals surface area contributed by atoms with Crippen LogP contribution in [-0.4, -0.2) is 48.1 Å². The number of esters is 2. The first-order valence-electron chi connectivity index (χ1n) is 14.4. The Kier molecular flexibility index (Phi) is 8.42. The van der Waals surface area contributed by atoms with E-state index in [0.717, 1.165) is 34.6 Å². The molecule has 2 aromatic heterocycles. The lowest BCUT2D eigenvalue weighted by Crippen LogP contribution is -2.22. The molecule has 3 aromatic carbocycles. The van der Waals surface area contributed by atoms with Crippen LogP contribution in [0.1, 0.15) is 56.0 Å². The molecule has 0 spiro atoms. The van der Waals surface area contributed by atoms with Crippen molar-refractivity contribution >= 4 is 45.2 Å². The highest BCUT2D eigenvalue weighted by Gasteiger charge is 2.31. The summed E-state index contributed by atoms with van der Waals surface area (Å²) >= 11 is 1.39. The maximum absolute atomic E-state index is 12.9. The van der Waals surface area contributed by atoms with Crippen LogP contribution in [0.5, 0.6) is 5.75 Å². The Labute approximate surface area is 258 Å². The van der Waals surface area contributed by atoms with Crippen LogP contribution in [0.4, 0.5) is 5.00 Å². The Hall–Kier alpha value is -4.96. The molecular formula is C34H31N3O6S. The van der Waals surface area contributed by atoms with Crippen molar-refractivity contribution < 1.29 is 28.6 Å². The quantitative estimate of drug-likeness (QED) is 0.182. The Bertz CT molecular complexity index is 1830. The third kappa shape index (κ3) is 6.07. The molecule has 9 nitrogen and oxygen atoms in total. The standard InChI is InChI=1S/C34H31N3O6S/c1-3-42-34(40)30-25-15-11-22(20-7-5-4-6-8-20)18-28(25)44-32(30)37-29(38)19-43-33(39)23-12-16-26-27(17-23)36-31(35-26)21-9-13-24(41-2)14-10-21/h4-10,12-14,16-17,22H,3,11,15,18-19H2,1-2H3,(H,35,36)(H,37,38). The fourth-order valence-electron chi connectivity index (χ4n) is 5.50. The zero-order valence-electron chi connectivity index (χ0n) is 24.3. The molecule has 2 heterocycles. The molecule has 1 atom stereocenters. The van der Waals surface area contributed by atoms with Gasteiger partial charge in [-0.1, -0.05) is 30.3 Å². The number of benzene rings is 3. The van der Waals surface area contributed by atoms with Crippen LogP contribution in [-0.2, 0) is 27.1 Å². The minimum atomic E-state index is -0.649. The number of rotatable bonds is 9. The number of ether oxygens (including phenoxy) is 3. The number of anilines is 1. The number of hydrogen-bond acceptors (Lipinski definition) is 8. The van der Waals surface area contributed by atoms with Crippen LogP contribution in [0, 0.1) is 0 Å². The van der Waals surface area contributed by atoms with Crippen molar-refractivity contribution in [1.29, 1.82) is 0 Å². The van der Waals surface area contributed by atoms with E-state index >= 15 is 0 Å². The molecule has 0 aliphatic heterocycles. The van der Waals surface area contributed by atoms with Crippen molar-refractivity contribution in [1.82, 2.24) is 9.97 Å². The molecule has 6 rings (SSSR count). The van der Waals surface area contributed by atoms with Crippen molar-refractivity contribution in [2.24, 2.45) is 0 Å². The lowest BCUT2D eigenvalue weighted by atomic mass is 9.83. The lowest BCUT2D eigenvalue weighted by molar-refractivity contribution is -0.119. The summed E-state index contributed by atoms with van der Waals surface area (Å²) in [6.45, 7) is 1.47. The molecule has 44 heavy (non-hydrogen) atoms. The van der Waals surface area contributed by atoms with Gasteiger partial charge in [0, 0.05) is 10.4 Å². The normalized spacial score (nSPS) is 14.1. The van der Waals surface area contributed by atoms with Crippen LogP contribution >= 0.6 is 11.3 Å². The van der Waals surface area contributed by atoms with Gasteiger partial charge in [0.1, 0.15) is 16.6 Å². The Morgan fingerprint density at radius 2 is 1.80 bits per heavy atom. The molecule has 0 saturated heterocycles. The van der Waals surface area contributed by atoms with E-state index < -0.39 is 24.5 Å². The van der Waals surface area contributed by atoms with Crippen molar-refractivity contribution in [3.05, 3.63) is 99.9 Å². The molecule has 0 fully saturated rings. The SMILES string of the molecule is CCOC(=O)c1c(NC(=O)COC(=O)c2ccc3nc(-c4ccc(OC)cc4)[nH]c3c2)sc2c1CCC(c1ccccc1)C2. The van der Waals surface area contributed by atoms with Crippen LogP contribution < -0.4 is 10.1 Å². The Morgan fingerprint density at radius 3 is 2.55 bits per heavy atom. The average Bonchev–Trinajstić information content (AvgIpc) is 3.64. The second kappa shape index (κ2) is 12.7. The topological polar surface area (TPSA) is 120 Å². The molecule has 0 bridgehead atoms. The predicted octanol–water partition coefficient (Wildman–Crippen LogP) is 6.54. The van der Waals surface area contributed by atoms with Crippen molar-refractivity contribution in [2.75, 3.05) is 25.6 Å². The fourth-order valence-corrected chi connectivity index (χ4v) is 6.83. The van der Waals surface area contributed by atoms with Gasteiger partial charge in [0.25, 0.3) is 5.91 Å². The molecule has 10 heteroatoms. The van der Waals surface area contributed by atoms with E-state index in [0.29, 0.717) is 39.8 Å². The van der Waals surface area contributed by atoms with Gasteiger partial charge in [-0.3, -0.25) is 4.79 Å². The first kappa shape index (κ1) is 29.1. The number of H-pyrrole nitrogens is 1. The number of aromatic amines is 1. The van der Waals surface area contributed by atoms with E-state index in [1.165, 1.54) is 16.9 Å². The third-order valence-corrected chi connectivity index (χ3v) is 8.85. The van der Waals surface area contributed by atoms with Gasteiger partial charge in [-0.25, -0.2) is 14.6 Å². The van der Waals surface area contributed by atoms with Gasteiger partial charge < -0.3 is 24.5 Å². The number of carbonyl (C=O) groups is 3. The van der Waals surface area contributed by atoms with Crippen molar-refractivity contribution in [3.8, 4) is 17.1 Å². The van der Waals surface area contributed by atoms with Gasteiger partial charge in [-0.05, 0) is 85.7 Å². The van der Waals surface area contributed by atoms with Crippen LogP contribution in [0.2, 0.25) is 0 Å². The summed E-state index contributed by atoms with van der Waals surface area (Å²) in [5.41, 5.74) is 5.08. The summed E-state index contributed by atoms with van der Waals surface area (Å²) in [4.78, 5) is 47.6. The number of nitrogens with one attached hydrogen (secondary N) is 2. The van der Waals surface area contributed by atoms with Gasteiger partial charge in [0.05, 0.1) is 35.9 Å².